The molecule has 4 heteroatoms. The number of rotatable bonds is 5. The third-order valence-corrected chi connectivity index (χ3v) is 3.46. The van der Waals surface area contributed by atoms with Crippen molar-refractivity contribution < 1.29 is 9.18 Å². The predicted molar refractivity (Wildman–Crippen MR) is 70.1 cm³/mol. The number of nitrogens with zero attached hydrogens (tertiary/aromatic N) is 1. The fraction of sp³-hybridized carbons (Fsp3) is 0.143. The molecule has 1 aromatic heterocycles. The normalized spacial score (nSPS) is 10.3. The molecule has 1 aromatic carbocycles. The molecule has 2 nitrogen and oxygen atoms in total. The first-order chi connectivity index (χ1) is 8.75. The van der Waals surface area contributed by atoms with Crippen LogP contribution in [-0.4, -0.2) is 16.5 Å². The first-order valence-corrected chi connectivity index (χ1v) is 6.52. The second-order valence-electron chi connectivity index (χ2n) is 3.80. The number of thioether (sulfide) groups is 1. The number of carbonyl (C=O) groups is 1. The number of Topliss-reactive ketones (excluding diaryl/α,β-unsaturated/α-hetero) is 1. The van der Waals surface area contributed by atoms with E-state index in [9.17, 15) is 9.18 Å². The van der Waals surface area contributed by atoms with Gasteiger partial charge in [-0.15, -0.1) is 11.8 Å². The van der Waals surface area contributed by atoms with Crippen molar-refractivity contribution in [1.82, 2.24) is 4.98 Å². The third kappa shape index (κ3) is 3.67. The van der Waals surface area contributed by atoms with Crippen LogP contribution in [0.5, 0.6) is 0 Å². The summed E-state index contributed by atoms with van der Waals surface area (Å²) in [4.78, 5) is 16.2. The summed E-state index contributed by atoms with van der Waals surface area (Å²) in [7, 11) is 0. The Hall–Kier alpha value is -1.68. The monoisotopic (exact) mass is 261 g/mol. The molecule has 0 aliphatic heterocycles. The second kappa shape index (κ2) is 6.31. The summed E-state index contributed by atoms with van der Waals surface area (Å²) in [6.45, 7) is 0. The van der Waals surface area contributed by atoms with Gasteiger partial charge in [0.05, 0.1) is 5.75 Å². The van der Waals surface area contributed by atoms with Gasteiger partial charge >= 0.3 is 0 Å². The Morgan fingerprint density at radius 1 is 1.22 bits per heavy atom. The summed E-state index contributed by atoms with van der Waals surface area (Å²) in [5.41, 5.74) is 0.886. The van der Waals surface area contributed by atoms with E-state index in [1.54, 1.807) is 36.7 Å². The van der Waals surface area contributed by atoms with Gasteiger partial charge in [0.15, 0.2) is 0 Å². The highest BCUT2D eigenvalue weighted by molar-refractivity contribution is 8.00. The average Bonchev–Trinajstić information content (AvgIpc) is 2.39. The molecule has 0 aliphatic carbocycles. The third-order valence-electron chi connectivity index (χ3n) is 2.35. The van der Waals surface area contributed by atoms with Gasteiger partial charge in [-0.25, -0.2) is 4.39 Å². The van der Waals surface area contributed by atoms with Crippen LogP contribution in [0.15, 0.2) is 53.7 Å². The zero-order valence-electron chi connectivity index (χ0n) is 9.67. The highest BCUT2D eigenvalue weighted by Gasteiger charge is 2.07. The first-order valence-electron chi connectivity index (χ1n) is 5.53. The molecule has 0 aliphatic rings. The van der Waals surface area contributed by atoms with Gasteiger partial charge in [-0.05, 0) is 23.8 Å². The van der Waals surface area contributed by atoms with Gasteiger partial charge in [0.1, 0.15) is 11.6 Å². The molecule has 0 fully saturated rings. The number of aromatic nitrogens is 1. The van der Waals surface area contributed by atoms with Crippen LogP contribution in [-0.2, 0) is 11.2 Å². The molecule has 18 heavy (non-hydrogen) atoms. The van der Waals surface area contributed by atoms with Crippen LogP contribution >= 0.6 is 11.8 Å². The maximum absolute atomic E-state index is 13.3. The van der Waals surface area contributed by atoms with Crippen molar-refractivity contribution in [1.29, 1.82) is 0 Å². The predicted octanol–water partition coefficient (Wildman–Crippen LogP) is 3.12. The van der Waals surface area contributed by atoms with Crippen LogP contribution in [0.1, 0.15) is 5.56 Å². The topological polar surface area (TPSA) is 30.0 Å². The Morgan fingerprint density at radius 2 is 2.06 bits per heavy atom. The minimum absolute atomic E-state index is 0.0660. The largest absolute Gasteiger partial charge is 0.298 e. The number of hydrogen-bond donors (Lipinski definition) is 0. The molecule has 2 aromatic rings. The zero-order chi connectivity index (χ0) is 12.8. The van der Waals surface area contributed by atoms with E-state index < -0.39 is 0 Å². The summed E-state index contributed by atoms with van der Waals surface area (Å²) < 4.78 is 13.3. The summed E-state index contributed by atoms with van der Waals surface area (Å²) in [5, 5.41) is 0. The Morgan fingerprint density at radius 3 is 2.78 bits per heavy atom. The highest BCUT2D eigenvalue weighted by atomic mass is 32.2. The van der Waals surface area contributed by atoms with Gasteiger partial charge in [-0.3, -0.25) is 9.78 Å². The Bertz CT molecular complexity index is 530. The Balaban J connectivity index is 1.88. The summed E-state index contributed by atoms with van der Waals surface area (Å²) in [6, 6.07) is 10.1. The van der Waals surface area contributed by atoms with Gasteiger partial charge in [0.2, 0.25) is 0 Å². The highest BCUT2D eigenvalue weighted by Crippen LogP contribution is 2.21. The summed E-state index contributed by atoms with van der Waals surface area (Å²) >= 11 is 1.23. The van der Waals surface area contributed by atoms with Crippen LogP contribution in [0.2, 0.25) is 0 Å². The Labute approximate surface area is 109 Å². The van der Waals surface area contributed by atoms with Crippen molar-refractivity contribution in [2.24, 2.45) is 0 Å². The number of benzene rings is 1. The summed E-state index contributed by atoms with van der Waals surface area (Å²) in [5.74, 6) is 0.0588. The van der Waals surface area contributed by atoms with Gasteiger partial charge in [0.25, 0.3) is 0 Å². The smallest absolute Gasteiger partial charge is 0.147 e. The maximum atomic E-state index is 13.3. The van der Waals surface area contributed by atoms with Gasteiger partial charge in [-0.1, -0.05) is 18.2 Å². The Kier molecular flexibility index (Phi) is 4.47. The molecule has 0 amide bonds. The molecular formula is C14H12FNOS. The molecule has 0 radical (unpaired) electrons. The summed E-state index contributed by atoms with van der Waals surface area (Å²) in [6.07, 6.45) is 3.68. The van der Waals surface area contributed by atoms with Crippen molar-refractivity contribution in [3.63, 3.8) is 0 Å². The van der Waals surface area contributed by atoms with Crippen molar-refractivity contribution >= 4 is 17.5 Å². The molecule has 0 spiro atoms. The molecule has 2 rings (SSSR count). The van der Waals surface area contributed by atoms with E-state index in [2.05, 4.69) is 4.98 Å². The van der Waals surface area contributed by atoms with Gasteiger partial charge in [0, 0.05) is 23.7 Å². The number of pyridine rings is 1. The van der Waals surface area contributed by atoms with Crippen molar-refractivity contribution in [2.75, 3.05) is 5.75 Å². The van der Waals surface area contributed by atoms with E-state index in [1.807, 2.05) is 6.07 Å². The standard InChI is InChI=1S/C14H12FNOS/c15-13-5-1-2-6-14(13)18-10-12(17)8-11-4-3-7-16-9-11/h1-7,9H,8,10H2. The van der Waals surface area contributed by atoms with E-state index in [0.717, 1.165) is 5.56 Å². The molecule has 92 valence electrons. The quantitative estimate of drug-likeness (QED) is 0.775. The second-order valence-corrected chi connectivity index (χ2v) is 4.81. The van der Waals surface area contributed by atoms with Crippen molar-refractivity contribution in [3.05, 3.63) is 60.2 Å². The SMILES string of the molecule is O=C(CSc1ccccc1F)Cc1cccnc1. The molecule has 0 saturated carbocycles. The van der Waals surface area contributed by atoms with Gasteiger partial charge < -0.3 is 0 Å². The van der Waals surface area contributed by atoms with Crippen molar-refractivity contribution in [2.45, 2.75) is 11.3 Å². The molecule has 0 unspecified atom stereocenters. The van der Waals surface area contributed by atoms with Crippen LogP contribution in [0.25, 0.3) is 0 Å². The molecular weight excluding hydrogens is 249 g/mol. The molecule has 0 N–H and O–H groups in total. The molecule has 0 bridgehead atoms. The zero-order valence-corrected chi connectivity index (χ0v) is 10.5. The number of hydrogen-bond acceptors (Lipinski definition) is 3. The van der Waals surface area contributed by atoms with E-state index >= 15 is 0 Å². The van der Waals surface area contributed by atoms with Crippen molar-refractivity contribution in [3.8, 4) is 0 Å². The van der Waals surface area contributed by atoms with E-state index in [4.69, 9.17) is 0 Å². The number of ketones is 1. The average molecular weight is 261 g/mol. The minimum Gasteiger partial charge on any atom is -0.298 e. The van der Waals surface area contributed by atoms with Gasteiger partial charge in [-0.2, -0.15) is 0 Å². The van der Waals surface area contributed by atoms with Crippen LogP contribution in [0.3, 0.4) is 0 Å². The van der Waals surface area contributed by atoms with Crippen LogP contribution in [0, 0.1) is 5.82 Å². The molecule has 0 saturated heterocycles. The first kappa shape index (κ1) is 12.8. The fourth-order valence-electron chi connectivity index (χ4n) is 1.50. The van der Waals surface area contributed by atoms with E-state index in [-0.39, 0.29) is 17.4 Å². The van der Waals surface area contributed by atoms with Crippen LogP contribution < -0.4 is 0 Å². The van der Waals surface area contributed by atoms with Crippen LogP contribution in [0.4, 0.5) is 4.39 Å². The fourth-order valence-corrected chi connectivity index (χ4v) is 2.30. The van der Waals surface area contributed by atoms with E-state index in [0.29, 0.717) is 11.3 Å². The lowest BCUT2D eigenvalue weighted by atomic mass is 10.2. The molecule has 1 heterocycles. The minimum atomic E-state index is -0.281. The number of carbonyl (C=O) groups excluding carboxylic acids is 1. The van der Waals surface area contributed by atoms with E-state index in [1.165, 1.54) is 17.8 Å². The lowest BCUT2D eigenvalue weighted by Gasteiger charge is -2.02. The molecule has 0 atom stereocenters. The maximum Gasteiger partial charge on any atom is 0.147 e. The lowest BCUT2D eigenvalue weighted by Crippen LogP contribution is -2.06. The number of halogens is 1. The lowest BCUT2D eigenvalue weighted by molar-refractivity contribution is -0.116.